The maximum atomic E-state index is 13.1. The van der Waals surface area contributed by atoms with Crippen molar-refractivity contribution in [2.45, 2.75) is 25.6 Å². The van der Waals surface area contributed by atoms with Gasteiger partial charge in [-0.15, -0.1) is 0 Å². The van der Waals surface area contributed by atoms with E-state index in [9.17, 15) is 4.79 Å². The van der Waals surface area contributed by atoms with Crippen LogP contribution in [0.1, 0.15) is 24.1 Å². The number of hydrogen-bond donors (Lipinski definition) is 3. The van der Waals surface area contributed by atoms with Gasteiger partial charge in [0.2, 0.25) is 5.91 Å². The van der Waals surface area contributed by atoms with Gasteiger partial charge in [0.1, 0.15) is 11.7 Å². The van der Waals surface area contributed by atoms with Crippen molar-refractivity contribution >= 4 is 40.5 Å². The first kappa shape index (κ1) is 17.1. The van der Waals surface area contributed by atoms with E-state index in [1.807, 2.05) is 32.0 Å². The number of nitrogens with one attached hydrogen (secondary N) is 3. The molecule has 26 heavy (non-hydrogen) atoms. The molecule has 2 aliphatic heterocycles. The monoisotopic (exact) mass is 387 g/mol. The number of hydrogen-bond acceptors (Lipinski definition) is 3. The lowest BCUT2D eigenvalue weighted by atomic mass is 9.79. The fourth-order valence-corrected chi connectivity index (χ4v) is 4.07. The Kier molecular flexibility index (Phi) is 4.04. The van der Waals surface area contributed by atoms with Gasteiger partial charge >= 0.3 is 0 Å². The van der Waals surface area contributed by atoms with E-state index in [2.05, 4.69) is 16.0 Å². The van der Waals surface area contributed by atoms with E-state index in [4.69, 9.17) is 28.6 Å². The highest BCUT2D eigenvalue weighted by atomic mass is 35.5. The molecule has 3 N–H and O–H groups in total. The second-order valence-corrected chi connectivity index (χ2v) is 7.65. The number of thiocarbonyl (C=S) groups is 1. The molecule has 4 rings (SSSR count). The highest BCUT2D eigenvalue weighted by Crippen LogP contribution is 2.45. The highest BCUT2D eigenvalue weighted by molar-refractivity contribution is 7.80. The molecular weight excluding hydrogens is 370 g/mol. The maximum absolute atomic E-state index is 13.1. The van der Waals surface area contributed by atoms with Crippen LogP contribution in [0.2, 0.25) is 5.02 Å². The summed E-state index contributed by atoms with van der Waals surface area (Å²) in [6.07, 6.45) is 0. The minimum atomic E-state index is -0.939. The van der Waals surface area contributed by atoms with E-state index >= 15 is 0 Å². The van der Waals surface area contributed by atoms with Gasteiger partial charge in [-0.25, -0.2) is 0 Å². The minimum absolute atomic E-state index is 0.158. The van der Waals surface area contributed by atoms with E-state index in [1.54, 1.807) is 24.3 Å². The van der Waals surface area contributed by atoms with Crippen LogP contribution in [0.3, 0.4) is 0 Å². The molecule has 2 aromatic rings. The highest BCUT2D eigenvalue weighted by Gasteiger charge is 2.54. The van der Waals surface area contributed by atoms with E-state index in [0.29, 0.717) is 15.8 Å². The second-order valence-electron chi connectivity index (χ2n) is 6.80. The van der Waals surface area contributed by atoms with Gasteiger partial charge in [-0.3, -0.25) is 4.79 Å². The zero-order valence-electron chi connectivity index (χ0n) is 14.3. The first-order valence-corrected chi connectivity index (χ1v) is 9.09. The first-order chi connectivity index (χ1) is 12.4. The van der Waals surface area contributed by atoms with Crippen molar-refractivity contribution in [1.82, 2.24) is 10.6 Å². The summed E-state index contributed by atoms with van der Waals surface area (Å²) < 4.78 is 6.19. The summed E-state index contributed by atoms with van der Waals surface area (Å²) in [7, 11) is 0. The Morgan fingerprint density at radius 2 is 2.00 bits per heavy atom. The van der Waals surface area contributed by atoms with Crippen LogP contribution in [-0.4, -0.2) is 16.7 Å². The van der Waals surface area contributed by atoms with Crippen LogP contribution >= 0.6 is 23.8 Å². The number of carbonyl (C=O) groups is 1. The molecule has 2 bridgehead atoms. The third-order valence-electron chi connectivity index (χ3n) is 4.79. The normalized spacial score (nSPS) is 26.0. The minimum Gasteiger partial charge on any atom is -0.467 e. The molecule has 1 fully saturated rings. The van der Waals surface area contributed by atoms with Crippen LogP contribution in [0.15, 0.2) is 42.5 Å². The first-order valence-electron chi connectivity index (χ1n) is 8.30. The molecule has 134 valence electrons. The van der Waals surface area contributed by atoms with Gasteiger partial charge in [0.15, 0.2) is 10.8 Å². The molecule has 0 radical (unpaired) electrons. The van der Waals surface area contributed by atoms with Gasteiger partial charge in [0, 0.05) is 16.3 Å². The molecule has 2 heterocycles. The van der Waals surface area contributed by atoms with E-state index in [1.165, 1.54) is 0 Å². The molecule has 5 nitrogen and oxygen atoms in total. The Bertz CT molecular complexity index is 902. The summed E-state index contributed by atoms with van der Waals surface area (Å²) in [4.78, 5) is 13.1. The Balaban J connectivity index is 1.71. The number of halogens is 1. The van der Waals surface area contributed by atoms with Crippen LogP contribution in [0.25, 0.3) is 0 Å². The molecule has 0 spiro atoms. The number of anilines is 1. The number of carbonyl (C=O) groups excluding carboxylic acids is 1. The predicted molar refractivity (Wildman–Crippen MR) is 105 cm³/mol. The number of benzene rings is 2. The number of aryl methyl sites for hydroxylation is 1. The third kappa shape index (κ3) is 2.89. The number of fused-ring (bicyclic) bond motifs is 4. The number of amides is 1. The van der Waals surface area contributed by atoms with Crippen LogP contribution in [-0.2, 0) is 4.79 Å². The standard InChI is InChI=1S/C19H18ClN3O2S/c1-10-3-8-14-13(9-10)16-15(19(2,25-14)23-18(26)22-16)17(24)21-12-6-4-11(20)5-7-12/h3-9,15-16H,1-2H3,(H,21,24)(H2,22,23,26)/t15-,16-,19+/m1/s1. The van der Waals surface area contributed by atoms with Crippen LogP contribution in [0.4, 0.5) is 5.69 Å². The van der Waals surface area contributed by atoms with Crippen molar-refractivity contribution in [1.29, 1.82) is 0 Å². The van der Waals surface area contributed by atoms with Gasteiger partial charge in [-0.05, 0) is 56.4 Å². The Morgan fingerprint density at radius 3 is 2.73 bits per heavy atom. The van der Waals surface area contributed by atoms with Crippen molar-refractivity contribution in [3.8, 4) is 5.75 Å². The fraction of sp³-hybridized carbons (Fsp3) is 0.263. The van der Waals surface area contributed by atoms with Crippen molar-refractivity contribution < 1.29 is 9.53 Å². The number of rotatable bonds is 2. The van der Waals surface area contributed by atoms with Crippen LogP contribution in [0, 0.1) is 12.8 Å². The van der Waals surface area contributed by atoms with E-state index < -0.39 is 11.6 Å². The second kappa shape index (κ2) is 6.14. The maximum Gasteiger partial charge on any atom is 0.236 e. The predicted octanol–water partition coefficient (Wildman–Crippen LogP) is 3.53. The van der Waals surface area contributed by atoms with Crippen LogP contribution < -0.4 is 20.7 Å². The van der Waals surface area contributed by atoms with Gasteiger partial charge in [-0.1, -0.05) is 29.3 Å². The lowest BCUT2D eigenvalue weighted by Gasteiger charge is -2.50. The lowest BCUT2D eigenvalue weighted by molar-refractivity contribution is -0.132. The van der Waals surface area contributed by atoms with Gasteiger partial charge in [-0.2, -0.15) is 0 Å². The molecular formula is C19H18ClN3O2S. The van der Waals surface area contributed by atoms with E-state index in [0.717, 1.165) is 16.9 Å². The fourth-order valence-electron chi connectivity index (χ4n) is 3.62. The Morgan fingerprint density at radius 1 is 1.27 bits per heavy atom. The Hall–Kier alpha value is -2.31. The summed E-state index contributed by atoms with van der Waals surface area (Å²) >= 11 is 11.2. The lowest BCUT2D eigenvalue weighted by Crippen LogP contribution is -2.70. The zero-order valence-corrected chi connectivity index (χ0v) is 15.9. The van der Waals surface area contributed by atoms with Gasteiger partial charge in [0.25, 0.3) is 0 Å². The molecule has 3 atom stereocenters. The average Bonchev–Trinajstić information content (AvgIpc) is 2.56. The largest absolute Gasteiger partial charge is 0.467 e. The average molecular weight is 388 g/mol. The molecule has 0 saturated carbocycles. The van der Waals surface area contributed by atoms with Crippen LogP contribution in [0.5, 0.6) is 5.75 Å². The quantitative estimate of drug-likeness (QED) is 0.688. The van der Waals surface area contributed by atoms with E-state index in [-0.39, 0.29) is 11.9 Å². The SMILES string of the molecule is Cc1ccc2c(c1)[C@H]1NC(=S)N[C@@](C)(O2)[C@H]1C(=O)Nc1ccc(Cl)cc1. The molecule has 0 aliphatic carbocycles. The summed E-state index contributed by atoms with van der Waals surface area (Å²) in [5, 5.41) is 10.4. The smallest absolute Gasteiger partial charge is 0.236 e. The molecule has 1 amide bonds. The Labute approximate surface area is 162 Å². The molecule has 0 unspecified atom stereocenters. The summed E-state index contributed by atoms with van der Waals surface area (Å²) in [5.74, 6) is 0.0785. The van der Waals surface area contributed by atoms with Crippen molar-refractivity contribution in [2.24, 2.45) is 5.92 Å². The molecule has 7 heteroatoms. The molecule has 0 aromatic heterocycles. The van der Waals surface area contributed by atoms with Crippen molar-refractivity contribution in [3.63, 3.8) is 0 Å². The van der Waals surface area contributed by atoms with Gasteiger partial charge < -0.3 is 20.7 Å². The number of ether oxygens (including phenoxy) is 1. The summed E-state index contributed by atoms with van der Waals surface area (Å²) in [6.45, 7) is 3.86. The zero-order chi connectivity index (χ0) is 18.5. The summed E-state index contributed by atoms with van der Waals surface area (Å²) in [6, 6.07) is 12.7. The molecule has 1 saturated heterocycles. The molecule has 2 aromatic carbocycles. The van der Waals surface area contributed by atoms with Crippen molar-refractivity contribution in [3.05, 3.63) is 58.6 Å². The molecule has 2 aliphatic rings. The van der Waals surface area contributed by atoms with Crippen molar-refractivity contribution in [2.75, 3.05) is 5.32 Å². The summed E-state index contributed by atoms with van der Waals surface area (Å²) in [5.41, 5.74) is 1.77. The topological polar surface area (TPSA) is 62.4 Å². The third-order valence-corrected chi connectivity index (χ3v) is 5.26. The van der Waals surface area contributed by atoms with Gasteiger partial charge in [0.05, 0.1) is 6.04 Å².